The first-order valence-corrected chi connectivity index (χ1v) is 8.04. The summed E-state index contributed by atoms with van der Waals surface area (Å²) < 4.78 is 11.4. The Balaban J connectivity index is 1.96. The Bertz CT molecular complexity index is 378. The van der Waals surface area contributed by atoms with Crippen molar-refractivity contribution < 1.29 is 19.4 Å². The van der Waals surface area contributed by atoms with Crippen molar-refractivity contribution in [1.82, 2.24) is 5.32 Å². The summed E-state index contributed by atoms with van der Waals surface area (Å²) in [4.78, 5) is 12.1. The number of nitrogens with one attached hydrogen (secondary N) is 1. The zero-order valence-electron chi connectivity index (χ0n) is 13.0. The highest BCUT2D eigenvalue weighted by molar-refractivity contribution is 5.91. The SMILES string of the molecule is CCO[C@@H]1OC(C(=O)NCC2CC2)=C[C@H](C)[C@H]1CCCO. The van der Waals surface area contributed by atoms with Crippen molar-refractivity contribution in [3.05, 3.63) is 11.8 Å². The Morgan fingerprint density at radius 2 is 2.29 bits per heavy atom. The minimum absolute atomic E-state index is 0.140. The highest BCUT2D eigenvalue weighted by Gasteiger charge is 2.35. The summed E-state index contributed by atoms with van der Waals surface area (Å²) in [6.07, 6.45) is 5.46. The van der Waals surface area contributed by atoms with Crippen LogP contribution in [0, 0.1) is 17.8 Å². The maximum Gasteiger partial charge on any atom is 0.286 e. The van der Waals surface area contributed by atoms with Gasteiger partial charge in [0.25, 0.3) is 5.91 Å². The van der Waals surface area contributed by atoms with Gasteiger partial charge in [-0.15, -0.1) is 0 Å². The molecule has 0 radical (unpaired) electrons. The molecule has 1 saturated carbocycles. The van der Waals surface area contributed by atoms with Crippen LogP contribution >= 0.6 is 0 Å². The third-order valence-corrected chi connectivity index (χ3v) is 4.18. The first kappa shape index (κ1) is 16.3. The molecule has 120 valence electrons. The quantitative estimate of drug-likeness (QED) is 0.717. The summed E-state index contributed by atoms with van der Waals surface area (Å²) >= 11 is 0. The van der Waals surface area contributed by atoms with Crippen molar-refractivity contribution >= 4 is 5.91 Å². The van der Waals surface area contributed by atoms with E-state index in [9.17, 15) is 4.79 Å². The summed E-state index contributed by atoms with van der Waals surface area (Å²) in [6.45, 7) is 5.44. The number of aliphatic hydroxyl groups is 1. The van der Waals surface area contributed by atoms with E-state index in [1.54, 1.807) is 0 Å². The first-order valence-electron chi connectivity index (χ1n) is 8.04. The van der Waals surface area contributed by atoms with Crippen LogP contribution in [0.25, 0.3) is 0 Å². The second-order valence-electron chi connectivity index (χ2n) is 6.01. The lowest BCUT2D eigenvalue weighted by molar-refractivity contribution is -0.171. The standard InChI is InChI=1S/C16H27NO4/c1-3-20-16-13(5-4-8-18)11(2)9-14(21-16)15(19)17-10-12-6-7-12/h9,11-13,16,18H,3-8,10H2,1-2H3,(H,17,19)/t11-,13+,16+/m0/s1. The van der Waals surface area contributed by atoms with Crippen LogP contribution in [0.15, 0.2) is 11.8 Å². The van der Waals surface area contributed by atoms with Gasteiger partial charge in [-0.1, -0.05) is 6.92 Å². The van der Waals surface area contributed by atoms with Gasteiger partial charge in [-0.05, 0) is 50.5 Å². The Morgan fingerprint density at radius 1 is 1.52 bits per heavy atom. The number of hydrogen-bond acceptors (Lipinski definition) is 4. The molecule has 3 atom stereocenters. The van der Waals surface area contributed by atoms with Crippen molar-refractivity contribution in [1.29, 1.82) is 0 Å². The van der Waals surface area contributed by atoms with Gasteiger partial charge in [0.15, 0.2) is 5.76 Å². The number of allylic oxidation sites excluding steroid dienone is 1. The van der Waals surface area contributed by atoms with Crippen molar-refractivity contribution in [2.75, 3.05) is 19.8 Å². The van der Waals surface area contributed by atoms with Gasteiger partial charge in [0.05, 0.1) is 0 Å². The van der Waals surface area contributed by atoms with Gasteiger partial charge < -0.3 is 19.9 Å². The highest BCUT2D eigenvalue weighted by Crippen LogP contribution is 2.33. The summed E-state index contributed by atoms with van der Waals surface area (Å²) in [5.74, 6) is 1.26. The Labute approximate surface area is 126 Å². The molecule has 21 heavy (non-hydrogen) atoms. The molecule has 0 aromatic heterocycles. The molecule has 5 heteroatoms. The fourth-order valence-electron chi connectivity index (χ4n) is 2.69. The van der Waals surface area contributed by atoms with E-state index in [2.05, 4.69) is 12.2 Å². The summed E-state index contributed by atoms with van der Waals surface area (Å²) in [5, 5.41) is 11.9. The molecule has 5 nitrogen and oxygen atoms in total. The summed E-state index contributed by atoms with van der Waals surface area (Å²) in [7, 11) is 0. The van der Waals surface area contributed by atoms with Crippen LogP contribution < -0.4 is 5.32 Å². The third-order valence-electron chi connectivity index (χ3n) is 4.18. The van der Waals surface area contributed by atoms with Crippen LogP contribution in [-0.4, -0.2) is 37.1 Å². The predicted molar refractivity (Wildman–Crippen MR) is 79.3 cm³/mol. The van der Waals surface area contributed by atoms with Crippen molar-refractivity contribution in [3.8, 4) is 0 Å². The van der Waals surface area contributed by atoms with E-state index in [-0.39, 0.29) is 24.3 Å². The van der Waals surface area contributed by atoms with E-state index < -0.39 is 6.29 Å². The highest BCUT2D eigenvalue weighted by atomic mass is 16.7. The smallest absolute Gasteiger partial charge is 0.286 e. The molecule has 1 heterocycles. The molecule has 1 amide bonds. The van der Waals surface area contributed by atoms with Crippen LogP contribution in [0.3, 0.4) is 0 Å². The van der Waals surface area contributed by atoms with Crippen LogP contribution in [0.4, 0.5) is 0 Å². The molecule has 1 fully saturated rings. The maximum absolute atomic E-state index is 12.1. The predicted octanol–water partition coefficient (Wildman–Crippen LogP) is 1.81. The largest absolute Gasteiger partial charge is 0.459 e. The Kier molecular flexibility index (Phi) is 6.06. The number of carbonyl (C=O) groups excluding carboxylic acids is 1. The van der Waals surface area contributed by atoms with E-state index >= 15 is 0 Å². The minimum atomic E-state index is -0.400. The van der Waals surface area contributed by atoms with Gasteiger partial charge in [0.2, 0.25) is 6.29 Å². The average Bonchev–Trinajstić information content (AvgIpc) is 3.28. The molecule has 0 saturated heterocycles. The van der Waals surface area contributed by atoms with Gasteiger partial charge in [-0.25, -0.2) is 0 Å². The molecule has 1 aliphatic carbocycles. The monoisotopic (exact) mass is 297 g/mol. The van der Waals surface area contributed by atoms with E-state index in [4.69, 9.17) is 14.6 Å². The lowest BCUT2D eigenvalue weighted by Crippen LogP contribution is -2.39. The van der Waals surface area contributed by atoms with Gasteiger partial charge in [0.1, 0.15) is 0 Å². The number of hydrogen-bond donors (Lipinski definition) is 2. The van der Waals surface area contributed by atoms with E-state index in [0.29, 0.717) is 18.3 Å². The molecule has 2 rings (SSSR count). The fourth-order valence-corrected chi connectivity index (χ4v) is 2.69. The normalized spacial score (nSPS) is 28.7. The number of ether oxygens (including phenoxy) is 2. The van der Waals surface area contributed by atoms with E-state index in [1.165, 1.54) is 12.8 Å². The minimum Gasteiger partial charge on any atom is -0.459 e. The molecule has 0 bridgehead atoms. The van der Waals surface area contributed by atoms with Crippen LogP contribution in [0.1, 0.15) is 39.5 Å². The zero-order valence-corrected chi connectivity index (χ0v) is 13.0. The Hall–Kier alpha value is -1.07. The lowest BCUT2D eigenvalue weighted by Gasteiger charge is -2.35. The lowest BCUT2D eigenvalue weighted by atomic mass is 9.87. The van der Waals surface area contributed by atoms with Gasteiger partial charge in [0, 0.05) is 25.7 Å². The molecule has 2 aliphatic rings. The first-order chi connectivity index (χ1) is 10.2. The topological polar surface area (TPSA) is 67.8 Å². The molecular weight excluding hydrogens is 270 g/mol. The maximum atomic E-state index is 12.1. The molecule has 0 aromatic rings. The summed E-state index contributed by atoms with van der Waals surface area (Å²) in [5.41, 5.74) is 0. The molecule has 2 N–H and O–H groups in total. The van der Waals surface area contributed by atoms with Crippen molar-refractivity contribution in [3.63, 3.8) is 0 Å². The Morgan fingerprint density at radius 3 is 2.90 bits per heavy atom. The number of aliphatic hydroxyl groups excluding tert-OH is 1. The van der Waals surface area contributed by atoms with E-state index in [0.717, 1.165) is 19.4 Å². The molecule has 0 unspecified atom stereocenters. The van der Waals surface area contributed by atoms with Crippen LogP contribution in [0.2, 0.25) is 0 Å². The van der Waals surface area contributed by atoms with Gasteiger partial charge in [-0.3, -0.25) is 4.79 Å². The molecule has 0 spiro atoms. The fraction of sp³-hybridized carbons (Fsp3) is 0.812. The van der Waals surface area contributed by atoms with Gasteiger partial charge >= 0.3 is 0 Å². The molecule has 1 aliphatic heterocycles. The van der Waals surface area contributed by atoms with Gasteiger partial charge in [-0.2, -0.15) is 0 Å². The molecule has 0 aromatic carbocycles. The second kappa shape index (κ2) is 7.80. The van der Waals surface area contributed by atoms with Crippen LogP contribution in [0.5, 0.6) is 0 Å². The third kappa shape index (κ3) is 4.71. The van der Waals surface area contributed by atoms with E-state index in [1.807, 2.05) is 13.0 Å². The summed E-state index contributed by atoms with van der Waals surface area (Å²) in [6, 6.07) is 0. The number of amides is 1. The molecular formula is C16H27NO4. The zero-order chi connectivity index (χ0) is 15.2. The van der Waals surface area contributed by atoms with Crippen LogP contribution in [-0.2, 0) is 14.3 Å². The average molecular weight is 297 g/mol. The number of carbonyl (C=O) groups is 1. The van der Waals surface area contributed by atoms with Crippen molar-refractivity contribution in [2.45, 2.75) is 45.8 Å². The second-order valence-corrected chi connectivity index (χ2v) is 6.01. The van der Waals surface area contributed by atoms with Crippen molar-refractivity contribution in [2.24, 2.45) is 17.8 Å². The number of rotatable bonds is 8.